The highest BCUT2D eigenvalue weighted by atomic mass is 35.5. The summed E-state index contributed by atoms with van der Waals surface area (Å²) in [5.41, 5.74) is 5.42. The Kier molecular flexibility index (Phi) is 8.65. The summed E-state index contributed by atoms with van der Waals surface area (Å²) in [6.07, 6.45) is -1.78. The summed E-state index contributed by atoms with van der Waals surface area (Å²) in [4.78, 5) is 29.4. The highest BCUT2D eigenvalue weighted by molar-refractivity contribution is 6.31. The van der Waals surface area contributed by atoms with Crippen LogP contribution >= 0.6 is 11.6 Å². The molecule has 198 valence electrons. The highest BCUT2D eigenvalue weighted by Gasteiger charge is 2.33. The third-order valence-electron chi connectivity index (χ3n) is 5.33. The number of carbonyl (C=O) groups is 2. The second-order valence-corrected chi connectivity index (χ2v) is 9.78. The second-order valence-electron chi connectivity index (χ2n) is 9.37. The van der Waals surface area contributed by atoms with E-state index in [2.05, 4.69) is 10.3 Å². The normalized spacial score (nSPS) is 12.1. The SMILES string of the molecule is COc1ccc(-c2nc(C(=O)NCc3c(F)cccc3Cl)c(C(CC(C)(C)C)OC(N)=O)o2)cc1OC. The molecule has 0 bridgehead atoms. The first-order chi connectivity index (χ1) is 17.4. The van der Waals surface area contributed by atoms with Crippen molar-refractivity contribution in [3.05, 3.63) is 64.3 Å². The zero-order chi connectivity index (χ0) is 27.3. The monoisotopic (exact) mass is 533 g/mol. The molecule has 2 amide bonds. The van der Waals surface area contributed by atoms with Gasteiger partial charge in [-0.05, 0) is 42.2 Å². The van der Waals surface area contributed by atoms with E-state index >= 15 is 0 Å². The summed E-state index contributed by atoms with van der Waals surface area (Å²) in [6, 6.07) is 9.18. The van der Waals surface area contributed by atoms with Gasteiger partial charge in [0.05, 0.1) is 14.2 Å². The van der Waals surface area contributed by atoms with Gasteiger partial charge in [0.1, 0.15) is 5.82 Å². The third kappa shape index (κ3) is 6.91. The lowest BCUT2D eigenvalue weighted by Crippen LogP contribution is -2.27. The van der Waals surface area contributed by atoms with Crippen molar-refractivity contribution < 1.29 is 32.6 Å². The predicted molar refractivity (Wildman–Crippen MR) is 135 cm³/mol. The van der Waals surface area contributed by atoms with Gasteiger partial charge in [0.2, 0.25) is 5.89 Å². The number of nitrogens with zero attached hydrogens (tertiary/aromatic N) is 1. The number of carbonyl (C=O) groups excluding carboxylic acids is 2. The van der Waals surface area contributed by atoms with Gasteiger partial charge in [0.15, 0.2) is 29.1 Å². The van der Waals surface area contributed by atoms with Crippen molar-refractivity contribution >= 4 is 23.6 Å². The van der Waals surface area contributed by atoms with E-state index in [4.69, 9.17) is 36.0 Å². The number of rotatable bonds is 9. The van der Waals surface area contributed by atoms with Crippen LogP contribution in [-0.4, -0.2) is 31.2 Å². The van der Waals surface area contributed by atoms with Crippen LogP contribution in [0.5, 0.6) is 11.5 Å². The van der Waals surface area contributed by atoms with E-state index in [0.29, 0.717) is 17.1 Å². The number of ether oxygens (including phenoxy) is 3. The molecule has 0 spiro atoms. The minimum Gasteiger partial charge on any atom is -0.493 e. The van der Waals surface area contributed by atoms with Crippen LogP contribution in [0.25, 0.3) is 11.5 Å². The molecule has 3 aromatic rings. The Morgan fingerprint density at radius 3 is 2.46 bits per heavy atom. The number of hydrogen-bond donors (Lipinski definition) is 2. The van der Waals surface area contributed by atoms with Gasteiger partial charge in [-0.3, -0.25) is 4.79 Å². The number of hydrogen-bond acceptors (Lipinski definition) is 7. The Bertz CT molecular complexity index is 1270. The molecule has 0 saturated heterocycles. The molecule has 0 fully saturated rings. The smallest absolute Gasteiger partial charge is 0.405 e. The van der Waals surface area contributed by atoms with Crippen molar-refractivity contribution in [1.29, 1.82) is 0 Å². The molecule has 1 heterocycles. The average molecular weight is 534 g/mol. The number of primary amides is 1. The number of oxazole rings is 1. The number of nitrogens with one attached hydrogen (secondary N) is 1. The lowest BCUT2D eigenvalue weighted by atomic mass is 9.88. The Labute approximate surface area is 219 Å². The molecule has 1 aromatic heterocycles. The van der Waals surface area contributed by atoms with Crippen molar-refractivity contribution in [3.8, 4) is 23.0 Å². The average Bonchev–Trinajstić information content (AvgIpc) is 3.27. The van der Waals surface area contributed by atoms with Crippen molar-refractivity contribution in [3.63, 3.8) is 0 Å². The molecule has 0 aliphatic carbocycles. The number of halogens is 2. The summed E-state index contributed by atoms with van der Waals surface area (Å²) in [7, 11) is 2.98. The summed E-state index contributed by atoms with van der Waals surface area (Å²) in [5, 5.41) is 2.77. The van der Waals surface area contributed by atoms with Crippen LogP contribution in [0.2, 0.25) is 5.02 Å². The number of benzene rings is 2. The Morgan fingerprint density at radius 1 is 1.16 bits per heavy atom. The molecular weight excluding hydrogens is 505 g/mol. The molecule has 0 radical (unpaired) electrons. The zero-order valence-electron chi connectivity index (χ0n) is 21.2. The third-order valence-corrected chi connectivity index (χ3v) is 5.69. The van der Waals surface area contributed by atoms with Crippen LogP contribution in [0.1, 0.15) is 55.1 Å². The maximum Gasteiger partial charge on any atom is 0.405 e. The van der Waals surface area contributed by atoms with Crippen LogP contribution in [-0.2, 0) is 11.3 Å². The van der Waals surface area contributed by atoms with Gasteiger partial charge < -0.3 is 29.7 Å². The molecule has 9 nitrogen and oxygen atoms in total. The lowest BCUT2D eigenvalue weighted by Gasteiger charge is -2.24. The van der Waals surface area contributed by atoms with Gasteiger partial charge in [-0.1, -0.05) is 38.4 Å². The van der Waals surface area contributed by atoms with Gasteiger partial charge in [-0.2, -0.15) is 0 Å². The fourth-order valence-corrected chi connectivity index (χ4v) is 3.87. The van der Waals surface area contributed by atoms with Gasteiger partial charge in [0.25, 0.3) is 5.91 Å². The maximum absolute atomic E-state index is 14.2. The molecular formula is C26H29ClFN3O6. The largest absolute Gasteiger partial charge is 0.493 e. The predicted octanol–water partition coefficient (Wildman–Crippen LogP) is 5.65. The van der Waals surface area contributed by atoms with Crippen molar-refractivity contribution in [2.45, 2.75) is 39.8 Å². The van der Waals surface area contributed by atoms with Crippen molar-refractivity contribution in [1.82, 2.24) is 10.3 Å². The second kappa shape index (κ2) is 11.5. The molecule has 2 aromatic carbocycles. The number of aromatic nitrogens is 1. The topological polar surface area (TPSA) is 126 Å². The molecule has 3 rings (SSSR count). The Morgan fingerprint density at radius 2 is 1.86 bits per heavy atom. The Hall–Kier alpha value is -3.79. The lowest BCUT2D eigenvalue weighted by molar-refractivity contribution is 0.0635. The van der Waals surface area contributed by atoms with E-state index < -0.39 is 23.9 Å². The minimum absolute atomic E-state index is 0.00404. The summed E-state index contributed by atoms with van der Waals surface area (Å²) in [6.45, 7) is 5.57. The van der Waals surface area contributed by atoms with Gasteiger partial charge in [-0.25, -0.2) is 14.2 Å². The van der Waals surface area contributed by atoms with E-state index in [1.54, 1.807) is 18.2 Å². The fraction of sp³-hybridized carbons (Fsp3) is 0.346. The van der Waals surface area contributed by atoms with Crippen molar-refractivity contribution in [2.75, 3.05) is 14.2 Å². The standard InChI is InChI=1S/C26H29ClFN3O6/c1-26(2,3)12-20(36-25(29)33)22-21(23(32)30-13-15-16(27)7-6-8-17(15)28)31-24(37-22)14-9-10-18(34-4)19(11-14)35-5/h6-11,20H,12-13H2,1-5H3,(H2,29,33)(H,30,32). The van der Waals surface area contributed by atoms with E-state index in [9.17, 15) is 14.0 Å². The fourth-order valence-electron chi connectivity index (χ4n) is 3.64. The molecule has 0 aliphatic heterocycles. The van der Waals surface area contributed by atoms with Crippen LogP contribution in [0.15, 0.2) is 40.8 Å². The molecule has 11 heteroatoms. The Balaban J connectivity index is 2.06. The first-order valence-electron chi connectivity index (χ1n) is 11.3. The quantitative estimate of drug-likeness (QED) is 0.363. The van der Waals surface area contributed by atoms with E-state index in [-0.39, 0.29) is 46.3 Å². The summed E-state index contributed by atoms with van der Waals surface area (Å²) in [5.74, 6) is -0.286. The van der Waals surface area contributed by atoms with Crippen LogP contribution in [0.3, 0.4) is 0 Å². The van der Waals surface area contributed by atoms with Crippen LogP contribution in [0.4, 0.5) is 9.18 Å². The van der Waals surface area contributed by atoms with E-state index in [0.717, 1.165) is 0 Å². The van der Waals surface area contributed by atoms with Gasteiger partial charge in [-0.15, -0.1) is 0 Å². The van der Waals surface area contributed by atoms with Crippen molar-refractivity contribution in [2.24, 2.45) is 11.1 Å². The van der Waals surface area contributed by atoms with Crippen LogP contribution in [0, 0.1) is 11.2 Å². The first kappa shape index (κ1) is 27.8. The summed E-state index contributed by atoms with van der Waals surface area (Å²) < 4.78 is 36.2. The number of nitrogens with two attached hydrogens (primary N) is 1. The molecule has 1 atom stereocenters. The van der Waals surface area contributed by atoms with Crippen LogP contribution < -0.4 is 20.5 Å². The van der Waals surface area contributed by atoms with E-state index in [1.807, 2.05) is 20.8 Å². The number of amides is 2. The molecule has 1 unspecified atom stereocenters. The molecule has 37 heavy (non-hydrogen) atoms. The first-order valence-corrected chi connectivity index (χ1v) is 11.7. The molecule has 3 N–H and O–H groups in total. The highest BCUT2D eigenvalue weighted by Crippen LogP contribution is 2.38. The maximum atomic E-state index is 14.2. The summed E-state index contributed by atoms with van der Waals surface area (Å²) >= 11 is 6.09. The van der Waals surface area contributed by atoms with Gasteiger partial charge >= 0.3 is 6.09 Å². The molecule has 0 aliphatic rings. The minimum atomic E-state index is -1.04. The number of methoxy groups -OCH3 is 2. The molecule has 0 saturated carbocycles. The van der Waals surface area contributed by atoms with E-state index in [1.165, 1.54) is 32.4 Å². The zero-order valence-corrected chi connectivity index (χ0v) is 21.9. The van der Waals surface area contributed by atoms with Gasteiger partial charge in [0, 0.05) is 22.7 Å².